The highest BCUT2D eigenvalue weighted by atomic mass is 19.1. The van der Waals surface area contributed by atoms with E-state index in [-0.39, 0.29) is 12.2 Å². The van der Waals surface area contributed by atoms with Gasteiger partial charge in [-0.25, -0.2) is 23.7 Å². The maximum absolute atomic E-state index is 14.6. The zero-order chi connectivity index (χ0) is 20.7. The lowest BCUT2D eigenvalue weighted by molar-refractivity contribution is 0.382. The highest BCUT2D eigenvalue weighted by Crippen LogP contribution is 2.38. The van der Waals surface area contributed by atoms with E-state index < -0.39 is 11.9 Å². The smallest absolute Gasteiger partial charge is 0.182 e. The van der Waals surface area contributed by atoms with Gasteiger partial charge in [0, 0.05) is 23.1 Å². The molecule has 4 aromatic rings. The minimum atomic E-state index is -0.391. The van der Waals surface area contributed by atoms with Gasteiger partial charge in [-0.2, -0.15) is 0 Å². The summed E-state index contributed by atoms with van der Waals surface area (Å²) in [6, 6.07) is 10.7. The molecule has 1 atom stereocenters. The van der Waals surface area contributed by atoms with E-state index in [2.05, 4.69) is 25.3 Å². The zero-order valence-corrected chi connectivity index (χ0v) is 16.0. The van der Waals surface area contributed by atoms with Gasteiger partial charge >= 0.3 is 0 Å². The third-order valence-electron chi connectivity index (χ3n) is 5.12. The van der Waals surface area contributed by atoms with E-state index in [9.17, 15) is 8.78 Å². The Hall–Kier alpha value is -3.81. The Bertz CT molecular complexity index is 1280. The normalized spacial score (nSPS) is 14.4. The van der Waals surface area contributed by atoms with Gasteiger partial charge < -0.3 is 15.0 Å². The molecule has 5 rings (SSSR count). The van der Waals surface area contributed by atoms with Gasteiger partial charge in [-0.15, -0.1) is 0 Å². The zero-order valence-electron chi connectivity index (χ0n) is 16.0. The number of anilines is 1. The van der Waals surface area contributed by atoms with Gasteiger partial charge in [0.05, 0.1) is 12.4 Å². The molecule has 6 nitrogen and oxygen atoms in total. The molecule has 0 saturated heterocycles. The van der Waals surface area contributed by atoms with Gasteiger partial charge in [0.2, 0.25) is 0 Å². The van der Waals surface area contributed by atoms with Crippen molar-refractivity contribution in [2.75, 3.05) is 5.32 Å². The SMILES string of the molecule is CC(Nc1ncnc2nc[nH]c12)C1=C(c2ccccc2F)Cc2c(F)cccc2O1. The van der Waals surface area contributed by atoms with Crippen molar-refractivity contribution in [2.24, 2.45) is 0 Å². The Morgan fingerprint density at radius 3 is 2.73 bits per heavy atom. The van der Waals surface area contributed by atoms with E-state index in [1.165, 1.54) is 24.8 Å². The summed E-state index contributed by atoms with van der Waals surface area (Å²) in [6.45, 7) is 1.88. The van der Waals surface area contributed by atoms with Crippen LogP contribution in [0.3, 0.4) is 0 Å². The van der Waals surface area contributed by atoms with E-state index in [0.717, 1.165) is 0 Å². The molecule has 1 aliphatic heterocycles. The van der Waals surface area contributed by atoms with Crippen molar-refractivity contribution in [3.63, 3.8) is 0 Å². The van der Waals surface area contributed by atoms with E-state index in [1.54, 1.807) is 30.3 Å². The van der Waals surface area contributed by atoms with Crippen molar-refractivity contribution in [3.05, 3.63) is 83.6 Å². The van der Waals surface area contributed by atoms with Crippen molar-refractivity contribution in [2.45, 2.75) is 19.4 Å². The second-order valence-electron chi connectivity index (χ2n) is 7.01. The predicted octanol–water partition coefficient (Wildman–Crippen LogP) is 4.48. The average molecular weight is 405 g/mol. The minimum absolute atomic E-state index is 0.216. The number of imidazole rings is 1. The summed E-state index contributed by atoms with van der Waals surface area (Å²) in [4.78, 5) is 15.5. The van der Waals surface area contributed by atoms with Crippen LogP contribution < -0.4 is 10.1 Å². The van der Waals surface area contributed by atoms with Crippen molar-refractivity contribution in [3.8, 4) is 5.75 Å². The Labute approximate surface area is 170 Å². The maximum Gasteiger partial charge on any atom is 0.182 e. The first-order chi connectivity index (χ1) is 14.6. The van der Waals surface area contributed by atoms with Gasteiger partial charge in [-0.1, -0.05) is 24.3 Å². The van der Waals surface area contributed by atoms with Crippen molar-refractivity contribution < 1.29 is 13.5 Å². The van der Waals surface area contributed by atoms with Gasteiger partial charge in [0.15, 0.2) is 11.5 Å². The number of allylic oxidation sites excluding steroid dienone is 1. The number of fused-ring (bicyclic) bond motifs is 2. The number of nitrogens with one attached hydrogen (secondary N) is 2. The fourth-order valence-electron chi connectivity index (χ4n) is 3.68. The van der Waals surface area contributed by atoms with Gasteiger partial charge in [0.1, 0.15) is 35.0 Å². The van der Waals surface area contributed by atoms with E-state index in [0.29, 0.717) is 45.2 Å². The van der Waals surface area contributed by atoms with Crippen molar-refractivity contribution >= 4 is 22.6 Å². The first-order valence-corrected chi connectivity index (χ1v) is 9.45. The highest BCUT2D eigenvalue weighted by Gasteiger charge is 2.28. The number of nitrogens with zero attached hydrogens (tertiary/aromatic N) is 3. The van der Waals surface area contributed by atoms with Crippen LogP contribution in [0.15, 0.2) is 60.9 Å². The third kappa shape index (κ3) is 3.06. The summed E-state index contributed by atoms with van der Waals surface area (Å²) in [5, 5.41) is 3.28. The van der Waals surface area contributed by atoms with Crippen LogP contribution in [0.4, 0.5) is 14.6 Å². The first kappa shape index (κ1) is 18.2. The van der Waals surface area contributed by atoms with Gasteiger partial charge in [0.25, 0.3) is 0 Å². The highest BCUT2D eigenvalue weighted by molar-refractivity contribution is 5.83. The van der Waals surface area contributed by atoms with E-state index in [1.807, 2.05) is 6.92 Å². The molecule has 30 heavy (non-hydrogen) atoms. The number of rotatable bonds is 4. The lowest BCUT2D eigenvalue weighted by Gasteiger charge is -2.28. The van der Waals surface area contributed by atoms with E-state index >= 15 is 0 Å². The summed E-state index contributed by atoms with van der Waals surface area (Å²) in [7, 11) is 0. The Kier molecular flexibility index (Phi) is 4.39. The minimum Gasteiger partial charge on any atom is -0.459 e. The molecule has 0 amide bonds. The number of aromatic nitrogens is 4. The molecule has 8 heteroatoms. The van der Waals surface area contributed by atoms with Crippen molar-refractivity contribution in [1.82, 2.24) is 19.9 Å². The van der Waals surface area contributed by atoms with Crippen LogP contribution in [0.5, 0.6) is 5.75 Å². The quantitative estimate of drug-likeness (QED) is 0.524. The molecule has 0 spiro atoms. The second-order valence-corrected chi connectivity index (χ2v) is 7.01. The van der Waals surface area contributed by atoms with Gasteiger partial charge in [-0.05, 0) is 25.1 Å². The number of hydrogen-bond donors (Lipinski definition) is 2. The summed E-state index contributed by atoms with van der Waals surface area (Å²) in [6.07, 6.45) is 3.17. The molecule has 0 fully saturated rings. The molecule has 0 aliphatic carbocycles. The number of ether oxygens (including phenoxy) is 1. The molecule has 1 aliphatic rings. The van der Waals surface area contributed by atoms with Crippen LogP contribution in [-0.2, 0) is 6.42 Å². The molecule has 0 radical (unpaired) electrons. The monoisotopic (exact) mass is 405 g/mol. The Morgan fingerprint density at radius 2 is 1.87 bits per heavy atom. The molecule has 2 aromatic carbocycles. The van der Waals surface area contributed by atoms with Crippen LogP contribution in [-0.4, -0.2) is 26.0 Å². The molecule has 0 saturated carbocycles. The lowest BCUT2D eigenvalue weighted by Crippen LogP contribution is -2.27. The second kappa shape index (κ2) is 7.22. The Balaban J connectivity index is 1.60. The Morgan fingerprint density at radius 1 is 1.03 bits per heavy atom. The number of hydrogen-bond acceptors (Lipinski definition) is 5. The molecule has 150 valence electrons. The fourth-order valence-corrected chi connectivity index (χ4v) is 3.68. The number of H-pyrrole nitrogens is 1. The summed E-state index contributed by atoms with van der Waals surface area (Å²) < 4.78 is 35.2. The molecule has 1 unspecified atom stereocenters. The largest absolute Gasteiger partial charge is 0.459 e. The standard InChI is InChI=1S/C22H17F2N5O/c1-12(29-22-19-21(26-10-25-19)27-11-28-22)20-14(13-5-2-3-6-16(13)23)9-15-17(24)7-4-8-18(15)30-20/h2-8,10-12H,9H2,1H3,(H2,25,26,27,28,29). The molecule has 2 aromatic heterocycles. The molecule has 0 bridgehead atoms. The van der Waals surface area contributed by atoms with Crippen LogP contribution in [0, 0.1) is 11.6 Å². The lowest BCUT2D eigenvalue weighted by atomic mass is 9.92. The van der Waals surface area contributed by atoms with Crippen molar-refractivity contribution in [1.29, 1.82) is 0 Å². The van der Waals surface area contributed by atoms with Crippen LogP contribution in [0.25, 0.3) is 16.7 Å². The molecule has 3 heterocycles. The fraction of sp³-hybridized carbons (Fsp3) is 0.136. The third-order valence-corrected chi connectivity index (χ3v) is 5.12. The number of aromatic amines is 1. The molecular weight excluding hydrogens is 388 g/mol. The average Bonchev–Trinajstić information content (AvgIpc) is 3.24. The molecule has 2 N–H and O–H groups in total. The topological polar surface area (TPSA) is 75.7 Å². The van der Waals surface area contributed by atoms with E-state index in [4.69, 9.17) is 4.74 Å². The molecular formula is C22H17F2N5O. The number of benzene rings is 2. The maximum atomic E-state index is 14.6. The summed E-state index contributed by atoms with van der Waals surface area (Å²) in [5.74, 6) is 0.700. The van der Waals surface area contributed by atoms with Crippen LogP contribution in [0.1, 0.15) is 18.1 Å². The summed E-state index contributed by atoms with van der Waals surface area (Å²) in [5.41, 5.74) is 2.55. The predicted molar refractivity (Wildman–Crippen MR) is 109 cm³/mol. The van der Waals surface area contributed by atoms with Gasteiger partial charge in [-0.3, -0.25) is 0 Å². The van der Waals surface area contributed by atoms with Crippen LogP contribution >= 0.6 is 0 Å². The van der Waals surface area contributed by atoms with Crippen LogP contribution in [0.2, 0.25) is 0 Å². The first-order valence-electron chi connectivity index (χ1n) is 9.45. The number of halogens is 2. The summed E-state index contributed by atoms with van der Waals surface area (Å²) >= 11 is 0.